The lowest BCUT2D eigenvalue weighted by molar-refractivity contribution is 0.172. The molecule has 0 aliphatic heterocycles. The summed E-state index contributed by atoms with van der Waals surface area (Å²) in [6.07, 6.45) is 5.87. The molecule has 1 N–H and O–H groups in total. The minimum Gasteiger partial charge on any atom is -0.393 e. The van der Waals surface area contributed by atoms with Gasteiger partial charge in [0.15, 0.2) is 0 Å². The molecule has 0 fully saturated rings. The Morgan fingerprint density at radius 1 is 1.46 bits per heavy atom. The minimum absolute atomic E-state index is 0.0847. The van der Waals surface area contributed by atoms with Crippen LogP contribution in [0.5, 0.6) is 0 Å². The minimum atomic E-state index is -0.366. The summed E-state index contributed by atoms with van der Waals surface area (Å²) < 4.78 is 13.0. The van der Waals surface area contributed by atoms with Crippen LogP contribution in [0.1, 0.15) is 33.6 Å². The second kappa shape index (κ2) is 6.84. The van der Waals surface area contributed by atoms with E-state index < -0.39 is 0 Å². The van der Waals surface area contributed by atoms with Gasteiger partial charge in [0.1, 0.15) is 5.83 Å². The van der Waals surface area contributed by atoms with Gasteiger partial charge in [-0.3, -0.25) is 0 Å². The van der Waals surface area contributed by atoms with Gasteiger partial charge in [-0.15, -0.1) is 0 Å². The van der Waals surface area contributed by atoms with Gasteiger partial charge in [-0.05, 0) is 37.8 Å². The maximum absolute atomic E-state index is 13.0. The first-order valence-electron chi connectivity index (χ1n) is 4.78. The predicted molar refractivity (Wildman–Crippen MR) is 54.1 cm³/mol. The van der Waals surface area contributed by atoms with Crippen LogP contribution in [0.15, 0.2) is 24.1 Å². The summed E-state index contributed by atoms with van der Waals surface area (Å²) in [5, 5.41) is 9.04. The Morgan fingerprint density at radius 3 is 2.54 bits per heavy atom. The fourth-order valence-electron chi connectivity index (χ4n) is 1.16. The lowest BCUT2D eigenvalue weighted by atomic mass is 10.0. The molecule has 13 heavy (non-hydrogen) atoms. The molecule has 76 valence electrons. The van der Waals surface area contributed by atoms with Crippen LogP contribution in [-0.4, -0.2) is 11.2 Å². The van der Waals surface area contributed by atoms with Crippen molar-refractivity contribution in [2.24, 2.45) is 5.92 Å². The molecule has 0 aliphatic carbocycles. The Hall–Kier alpha value is -0.630. The largest absolute Gasteiger partial charge is 0.393 e. The summed E-state index contributed by atoms with van der Waals surface area (Å²) in [5.41, 5.74) is 0. The number of aliphatic hydroxyl groups is 1. The van der Waals surface area contributed by atoms with Gasteiger partial charge in [0.25, 0.3) is 0 Å². The highest BCUT2D eigenvalue weighted by Gasteiger charge is 2.03. The molecule has 0 amide bonds. The summed E-state index contributed by atoms with van der Waals surface area (Å²) in [7, 11) is 0. The van der Waals surface area contributed by atoms with E-state index in [0.717, 1.165) is 6.42 Å². The maximum atomic E-state index is 13.0. The third-order valence-electron chi connectivity index (χ3n) is 1.67. The molecule has 0 aromatic carbocycles. The van der Waals surface area contributed by atoms with Crippen LogP contribution in [0, 0.1) is 5.92 Å². The van der Waals surface area contributed by atoms with Gasteiger partial charge in [-0.25, -0.2) is 4.39 Å². The highest BCUT2D eigenvalue weighted by Crippen LogP contribution is 2.12. The lowest BCUT2D eigenvalue weighted by Gasteiger charge is -2.07. The molecular formula is C11H19FO. The van der Waals surface area contributed by atoms with Crippen molar-refractivity contribution in [1.29, 1.82) is 0 Å². The van der Waals surface area contributed by atoms with Crippen molar-refractivity contribution in [3.63, 3.8) is 0 Å². The Bertz CT molecular complexity index is 183. The smallest absolute Gasteiger partial charge is 0.119 e. The van der Waals surface area contributed by atoms with Gasteiger partial charge in [0.05, 0.1) is 6.10 Å². The molecule has 0 bridgehead atoms. The van der Waals surface area contributed by atoms with Crippen molar-refractivity contribution in [3.8, 4) is 0 Å². The quantitative estimate of drug-likeness (QED) is 0.654. The maximum Gasteiger partial charge on any atom is 0.119 e. The summed E-state index contributed by atoms with van der Waals surface area (Å²) in [5.74, 6) is -0.128. The fraction of sp³-hybridized carbons (Fsp3) is 0.636. The van der Waals surface area contributed by atoms with Gasteiger partial charge in [0.2, 0.25) is 0 Å². The number of hydrogen-bond acceptors (Lipinski definition) is 1. The van der Waals surface area contributed by atoms with E-state index in [-0.39, 0.29) is 17.8 Å². The second-order valence-corrected chi connectivity index (χ2v) is 3.42. The molecule has 2 unspecified atom stereocenters. The van der Waals surface area contributed by atoms with Crippen molar-refractivity contribution in [2.45, 2.75) is 39.7 Å². The van der Waals surface area contributed by atoms with Gasteiger partial charge in [0, 0.05) is 0 Å². The van der Waals surface area contributed by atoms with Crippen molar-refractivity contribution >= 4 is 0 Å². The van der Waals surface area contributed by atoms with Crippen LogP contribution in [0.25, 0.3) is 0 Å². The van der Waals surface area contributed by atoms with Crippen LogP contribution < -0.4 is 0 Å². The number of rotatable bonds is 5. The molecule has 0 spiro atoms. The van der Waals surface area contributed by atoms with Crippen LogP contribution in [-0.2, 0) is 0 Å². The molecule has 2 atom stereocenters. The summed E-state index contributed by atoms with van der Waals surface area (Å²) >= 11 is 0. The van der Waals surface area contributed by atoms with Crippen LogP contribution in [0.4, 0.5) is 4.39 Å². The Kier molecular flexibility index (Phi) is 6.51. The van der Waals surface area contributed by atoms with Crippen molar-refractivity contribution in [1.82, 2.24) is 0 Å². The molecule has 0 saturated carbocycles. The van der Waals surface area contributed by atoms with Crippen LogP contribution in [0.3, 0.4) is 0 Å². The molecule has 0 aromatic rings. The first-order chi connectivity index (χ1) is 6.06. The third kappa shape index (κ3) is 7.72. The monoisotopic (exact) mass is 186 g/mol. The average Bonchev–Trinajstić information content (AvgIpc) is 1.98. The zero-order valence-electron chi connectivity index (χ0n) is 8.63. The van der Waals surface area contributed by atoms with Crippen molar-refractivity contribution < 1.29 is 9.50 Å². The Balaban J connectivity index is 3.98. The molecule has 0 saturated heterocycles. The number of allylic oxidation sites excluding steroid dienone is 4. The third-order valence-corrected chi connectivity index (χ3v) is 1.67. The molecule has 0 aromatic heterocycles. The van der Waals surface area contributed by atoms with Gasteiger partial charge >= 0.3 is 0 Å². The van der Waals surface area contributed by atoms with Gasteiger partial charge in [-0.1, -0.05) is 19.9 Å². The molecule has 2 heteroatoms. The van der Waals surface area contributed by atoms with Crippen LogP contribution >= 0.6 is 0 Å². The summed E-state index contributed by atoms with van der Waals surface area (Å²) in [6.45, 7) is 5.57. The molecule has 0 radical (unpaired) electrons. The second-order valence-electron chi connectivity index (χ2n) is 3.42. The summed E-state index contributed by atoms with van der Waals surface area (Å²) in [6, 6.07) is 0. The van der Waals surface area contributed by atoms with Gasteiger partial charge in [-0.2, -0.15) is 0 Å². The average molecular weight is 186 g/mol. The molecule has 0 rings (SSSR count). The number of halogens is 1. The van der Waals surface area contributed by atoms with E-state index in [1.54, 1.807) is 19.1 Å². The van der Waals surface area contributed by atoms with E-state index in [1.165, 1.54) is 6.08 Å². The standard InChI is InChI=1S/C11H19FO/c1-4-5-6-11(12)8-9(2)7-10(3)13/h5-6,8-10,13H,4,7H2,1-3H3. The normalized spacial score (nSPS) is 17.8. The topological polar surface area (TPSA) is 20.2 Å². The highest BCUT2D eigenvalue weighted by atomic mass is 19.1. The van der Waals surface area contributed by atoms with Gasteiger partial charge < -0.3 is 5.11 Å². The van der Waals surface area contributed by atoms with E-state index in [4.69, 9.17) is 5.11 Å². The first-order valence-corrected chi connectivity index (χ1v) is 4.78. The van der Waals surface area contributed by atoms with E-state index >= 15 is 0 Å². The van der Waals surface area contributed by atoms with Crippen molar-refractivity contribution in [2.75, 3.05) is 0 Å². The first kappa shape index (κ1) is 12.4. The zero-order valence-corrected chi connectivity index (χ0v) is 8.63. The fourth-order valence-corrected chi connectivity index (χ4v) is 1.16. The van der Waals surface area contributed by atoms with Crippen LogP contribution in [0.2, 0.25) is 0 Å². The highest BCUT2D eigenvalue weighted by molar-refractivity contribution is 5.11. The SMILES string of the molecule is CCC=CC(F)=CC(C)CC(C)O. The number of hydrogen-bond donors (Lipinski definition) is 1. The zero-order chi connectivity index (χ0) is 10.3. The van der Waals surface area contributed by atoms with Crippen molar-refractivity contribution in [3.05, 3.63) is 24.1 Å². The van der Waals surface area contributed by atoms with E-state index in [1.807, 2.05) is 13.8 Å². The Labute approximate surface area is 80.0 Å². The van der Waals surface area contributed by atoms with E-state index in [0.29, 0.717) is 6.42 Å². The van der Waals surface area contributed by atoms with E-state index in [9.17, 15) is 4.39 Å². The van der Waals surface area contributed by atoms with E-state index in [2.05, 4.69) is 0 Å². The summed E-state index contributed by atoms with van der Waals surface area (Å²) in [4.78, 5) is 0. The molecule has 0 aliphatic rings. The number of aliphatic hydroxyl groups excluding tert-OH is 1. The molecule has 0 heterocycles. The molecule has 1 nitrogen and oxygen atoms in total. The predicted octanol–water partition coefficient (Wildman–Crippen LogP) is 3.21. The molecular weight excluding hydrogens is 167 g/mol. The lowest BCUT2D eigenvalue weighted by Crippen LogP contribution is -2.05. The Morgan fingerprint density at radius 2 is 2.08 bits per heavy atom.